The third-order valence-corrected chi connectivity index (χ3v) is 6.27. The van der Waals surface area contributed by atoms with Crippen LogP contribution in [0.15, 0.2) is 53.7 Å². The highest BCUT2D eigenvalue weighted by Crippen LogP contribution is 2.18. The molecule has 33 heavy (non-hydrogen) atoms. The van der Waals surface area contributed by atoms with E-state index in [4.69, 9.17) is 4.99 Å². The average molecular weight is 447 g/mol. The number of piperidine rings is 1. The second-order valence-electron chi connectivity index (χ2n) is 8.76. The van der Waals surface area contributed by atoms with Crippen molar-refractivity contribution >= 4 is 11.8 Å². The highest BCUT2D eigenvalue weighted by Gasteiger charge is 2.22. The number of pyridine rings is 1. The molecule has 1 aromatic carbocycles. The summed E-state index contributed by atoms with van der Waals surface area (Å²) in [5.74, 6) is 3.60. The summed E-state index contributed by atoms with van der Waals surface area (Å²) in [5, 5.41) is 15.7. The molecule has 1 atom stereocenters. The Hall–Kier alpha value is -3.42. The summed E-state index contributed by atoms with van der Waals surface area (Å²) in [6.45, 7) is 8.59. The smallest absolute Gasteiger partial charge is 0.192 e. The fourth-order valence-corrected chi connectivity index (χ4v) is 3.99. The van der Waals surface area contributed by atoms with Crippen LogP contribution in [0.4, 0.5) is 5.82 Å². The van der Waals surface area contributed by atoms with Gasteiger partial charge < -0.3 is 20.1 Å². The molecule has 1 aliphatic rings. The maximum Gasteiger partial charge on any atom is 0.192 e. The van der Waals surface area contributed by atoms with Gasteiger partial charge in [-0.15, -0.1) is 10.2 Å². The molecule has 0 saturated carbocycles. The number of hydrogen-bond acceptors (Lipinski definition) is 5. The van der Waals surface area contributed by atoms with Gasteiger partial charge in [-0.25, -0.2) is 9.98 Å². The molecule has 174 valence electrons. The van der Waals surface area contributed by atoms with Crippen molar-refractivity contribution in [1.82, 2.24) is 30.4 Å². The van der Waals surface area contributed by atoms with Gasteiger partial charge in [0, 0.05) is 32.4 Å². The summed E-state index contributed by atoms with van der Waals surface area (Å²) in [4.78, 5) is 11.8. The van der Waals surface area contributed by atoms with Gasteiger partial charge in [-0.2, -0.15) is 0 Å². The molecule has 1 fully saturated rings. The summed E-state index contributed by atoms with van der Waals surface area (Å²) in [7, 11) is 1.97. The summed E-state index contributed by atoms with van der Waals surface area (Å²) in [6, 6.07) is 15.2. The van der Waals surface area contributed by atoms with Crippen molar-refractivity contribution in [2.45, 2.75) is 52.2 Å². The van der Waals surface area contributed by atoms with Crippen molar-refractivity contribution in [2.75, 3.05) is 18.0 Å². The molecule has 3 heterocycles. The van der Waals surface area contributed by atoms with Crippen molar-refractivity contribution in [1.29, 1.82) is 0 Å². The largest absolute Gasteiger partial charge is 0.356 e. The van der Waals surface area contributed by atoms with Crippen LogP contribution in [0, 0.1) is 13.8 Å². The van der Waals surface area contributed by atoms with E-state index in [1.807, 2.05) is 30.8 Å². The molecular weight excluding hydrogens is 412 g/mol. The van der Waals surface area contributed by atoms with Gasteiger partial charge in [-0.1, -0.05) is 36.4 Å². The molecule has 0 aliphatic carbocycles. The van der Waals surface area contributed by atoms with Crippen LogP contribution in [-0.2, 0) is 13.6 Å². The molecule has 0 spiro atoms. The Bertz CT molecular complexity index is 1050. The zero-order valence-electron chi connectivity index (χ0n) is 20.0. The fourth-order valence-electron chi connectivity index (χ4n) is 3.99. The zero-order chi connectivity index (χ0) is 23.2. The maximum atomic E-state index is 4.86. The van der Waals surface area contributed by atoms with E-state index in [2.05, 4.69) is 81.0 Å². The van der Waals surface area contributed by atoms with Crippen LogP contribution in [0.25, 0.3) is 0 Å². The number of aliphatic imine (C=N–C) groups is 1. The zero-order valence-corrected chi connectivity index (χ0v) is 20.0. The van der Waals surface area contributed by atoms with Crippen LogP contribution in [0.3, 0.4) is 0 Å². The highest BCUT2D eigenvalue weighted by molar-refractivity contribution is 5.80. The Labute approximate surface area is 196 Å². The topological polar surface area (TPSA) is 83.3 Å². The number of nitrogens with one attached hydrogen (secondary N) is 2. The molecule has 1 saturated heterocycles. The fraction of sp³-hybridized carbons (Fsp3) is 0.440. The second-order valence-corrected chi connectivity index (χ2v) is 8.76. The molecular formula is C25H34N8. The van der Waals surface area contributed by atoms with Gasteiger partial charge in [0.1, 0.15) is 18.2 Å². The molecule has 1 aliphatic heterocycles. The second kappa shape index (κ2) is 10.5. The van der Waals surface area contributed by atoms with Crippen molar-refractivity contribution in [2.24, 2.45) is 12.0 Å². The minimum Gasteiger partial charge on any atom is -0.356 e. The van der Waals surface area contributed by atoms with Crippen LogP contribution in [0.2, 0.25) is 0 Å². The van der Waals surface area contributed by atoms with Crippen LogP contribution in [-0.4, -0.2) is 44.8 Å². The molecule has 8 heteroatoms. The number of aromatic nitrogens is 4. The minimum absolute atomic E-state index is 0.135. The van der Waals surface area contributed by atoms with Crippen molar-refractivity contribution in [3.8, 4) is 0 Å². The molecule has 0 bridgehead atoms. The Balaban J connectivity index is 1.42. The Morgan fingerprint density at radius 1 is 1.09 bits per heavy atom. The quantitative estimate of drug-likeness (QED) is 0.447. The van der Waals surface area contributed by atoms with E-state index >= 15 is 0 Å². The maximum absolute atomic E-state index is 4.86. The molecule has 0 radical (unpaired) electrons. The first-order valence-electron chi connectivity index (χ1n) is 11.6. The van der Waals surface area contributed by atoms with Gasteiger partial charge in [0.05, 0.1) is 6.04 Å². The predicted molar refractivity (Wildman–Crippen MR) is 132 cm³/mol. The lowest BCUT2D eigenvalue weighted by Gasteiger charge is -2.34. The highest BCUT2D eigenvalue weighted by atomic mass is 15.3. The molecule has 4 rings (SSSR count). The first kappa shape index (κ1) is 22.8. The standard InChI is InChI=1S/C25H34N8/c1-18-10-11-23(26-16-18)33-14-12-22(13-15-33)29-25(27-17-24-31-30-20(3)32(24)4)28-19(2)21-8-6-5-7-9-21/h5-11,16,19,22H,12-15,17H2,1-4H3,(H2,27,28,29). The number of nitrogens with zero attached hydrogens (tertiary/aromatic N) is 6. The van der Waals surface area contributed by atoms with E-state index in [9.17, 15) is 0 Å². The number of benzene rings is 1. The Kier molecular flexibility index (Phi) is 7.22. The summed E-state index contributed by atoms with van der Waals surface area (Å²) in [6.07, 6.45) is 3.99. The molecule has 0 amide bonds. The number of guanidine groups is 1. The van der Waals surface area contributed by atoms with E-state index in [0.717, 1.165) is 49.4 Å². The normalized spacial score (nSPS) is 16.0. The van der Waals surface area contributed by atoms with E-state index < -0.39 is 0 Å². The Morgan fingerprint density at radius 3 is 2.48 bits per heavy atom. The van der Waals surface area contributed by atoms with Crippen LogP contribution < -0.4 is 15.5 Å². The summed E-state index contributed by atoms with van der Waals surface area (Å²) >= 11 is 0. The molecule has 3 aromatic rings. The number of anilines is 1. The predicted octanol–water partition coefficient (Wildman–Crippen LogP) is 3.29. The summed E-state index contributed by atoms with van der Waals surface area (Å²) in [5.41, 5.74) is 2.41. The first-order valence-corrected chi connectivity index (χ1v) is 11.6. The number of hydrogen-bond donors (Lipinski definition) is 2. The Morgan fingerprint density at radius 2 is 1.85 bits per heavy atom. The minimum atomic E-state index is 0.135. The SMILES string of the molecule is Cc1ccc(N2CCC(NC(=NCc3nnc(C)n3C)NC(C)c3ccccc3)CC2)nc1. The van der Waals surface area contributed by atoms with E-state index in [1.165, 1.54) is 11.1 Å². The van der Waals surface area contributed by atoms with Gasteiger partial charge >= 0.3 is 0 Å². The summed E-state index contributed by atoms with van der Waals surface area (Å²) < 4.78 is 1.98. The third kappa shape index (κ3) is 5.88. The lowest BCUT2D eigenvalue weighted by molar-refractivity contribution is 0.456. The lowest BCUT2D eigenvalue weighted by atomic mass is 10.0. The lowest BCUT2D eigenvalue weighted by Crippen LogP contribution is -2.49. The van der Waals surface area contributed by atoms with E-state index in [1.54, 1.807) is 0 Å². The van der Waals surface area contributed by atoms with E-state index in [-0.39, 0.29) is 6.04 Å². The van der Waals surface area contributed by atoms with E-state index in [0.29, 0.717) is 12.6 Å². The van der Waals surface area contributed by atoms with Gasteiger partial charge in [-0.3, -0.25) is 0 Å². The van der Waals surface area contributed by atoms with Gasteiger partial charge in [0.15, 0.2) is 11.8 Å². The van der Waals surface area contributed by atoms with Crippen LogP contribution >= 0.6 is 0 Å². The monoisotopic (exact) mass is 446 g/mol. The van der Waals surface area contributed by atoms with Crippen molar-refractivity contribution in [3.63, 3.8) is 0 Å². The van der Waals surface area contributed by atoms with Gasteiger partial charge in [-0.05, 0) is 50.8 Å². The number of rotatable bonds is 6. The van der Waals surface area contributed by atoms with Crippen molar-refractivity contribution in [3.05, 3.63) is 71.4 Å². The van der Waals surface area contributed by atoms with Crippen LogP contribution in [0.5, 0.6) is 0 Å². The molecule has 1 unspecified atom stereocenters. The average Bonchev–Trinajstić information content (AvgIpc) is 3.16. The number of aryl methyl sites for hydroxylation is 2. The van der Waals surface area contributed by atoms with Gasteiger partial charge in [0.25, 0.3) is 0 Å². The van der Waals surface area contributed by atoms with Gasteiger partial charge in [0.2, 0.25) is 0 Å². The molecule has 2 aromatic heterocycles. The molecule has 2 N–H and O–H groups in total. The first-order chi connectivity index (χ1) is 16.0. The van der Waals surface area contributed by atoms with Crippen LogP contribution in [0.1, 0.15) is 48.6 Å². The van der Waals surface area contributed by atoms with Crippen molar-refractivity contribution < 1.29 is 0 Å². The third-order valence-electron chi connectivity index (χ3n) is 6.27. The molecule has 8 nitrogen and oxygen atoms in total.